The van der Waals surface area contributed by atoms with E-state index >= 15 is 0 Å². The van der Waals surface area contributed by atoms with Gasteiger partial charge in [-0.15, -0.1) is 20.5 Å². The molecule has 0 saturated heterocycles. The molecule has 4 rings (SSSR count). The SMILES string of the molecule is Nc1nc(NCCc2ccc(Cl)cc2)nn1S(=O)(=O)c1ccc2ncsc2c1. The number of nitrogen functional groups attached to an aromatic ring is 1. The van der Waals surface area contributed by atoms with Crippen LogP contribution in [0.2, 0.25) is 5.02 Å². The molecular formula is C17H15ClN6O2S2. The number of benzene rings is 2. The van der Waals surface area contributed by atoms with Crippen molar-refractivity contribution in [2.75, 3.05) is 17.6 Å². The van der Waals surface area contributed by atoms with Gasteiger partial charge < -0.3 is 11.1 Å². The highest BCUT2D eigenvalue weighted by Gasteiger charge is 2.23. The molecule has 4 aromatic rings. The molecule has 0 saturated carbocycles. The van der Waals surface area contributed by atoms with Gasteiger partial charge in [-0.25, -0.2) is 4.98 Å². The second-order valence-corrected chi connectivity index (χ2v) is 9.02. The number of hydrogen-bond donors (Lipinski definition) is 2. The smallest absolute Gasteiger partial charge is 0.286 e. The Hall–Kier alpha value is -2.69. The largest absolute Gasteiger partial charge is 0.367 e. The van der Waals surface area contributed by atoms with E-state index in [-0.39, 0.29) is 16.8 Å². The number of nitrogens with zero attached hydrogens (tertiary/aromatic N) is 4. The van der Waals surface area contributed by atoms with Crippen LogP contribution in [0.3, 0.4) is 0 Å². The van der Waals surface area contributed by atoms with Gasteiger partial charge in [0.25, 0.3) is 10.0 Å². The van der Waals surface area contributed by atoms with E-state index in [1.54, 1.807) is 17.6 Å². The minimum Gasteiger partial charge on any atom is -0.367 e. The van der Waals surface area contributed by atoms with Crippen LogP contribution in [-0.4, -0.2) is 34.1 Å². The Morgan fingerprint density at radius 1 is 1.18 bits per heavy atom. The summed E-state index contributed by atoms with van der Waals surface area (Å²) in [6.45, 7) is 0.512. The first-order valence-electron chi connectivity index (χ1n) is 8.23. The van der Waals surface area contributed by atoms with Gasteiger partial charge in [-0.1, -0.05) is 23.7 Å². The van der Waals surface area contributed by atoms with Crippen molar-refractivity contribution in [1.29, 1.82) is 0 Å². The number of nitrogens with one attached hydrogen (secondary N) is 1. The first-order valence-corrected chi connectivity index (χ1v) is 10.9. The molecule has 2 heterocycles. The van der Waals surface area contributed by atoms with Crippen LogP contribution >= 0.6 is 22.9 Å². The molecule has 0 bridgehead atoms. The predicted octanol–water partition coefficient (Wildman–Crippen LogP) is 3.02. The van der Waals surface area contributed by atoms with Gasteiger partial charge in [0.15, 0.2) is 0 Å². The number of halogens is 1. The van der Waals surface area contributed by atoms with Crippen molar-refractivity contribution in [3.63, 3.8) is 0 Å². The van der Waals surface area contributed by atoms with E-state index in [9.17, 15) is 8.42 Å². The van der Waals surface area contributed by atoms with Crippen LogP contribution in [0.4, 0.5) is 11.9 Å². The topological polar surface area (TPSA) is 116 Å². The van der Waals surface area contributed by atoms with Gasteiger partial charge >= 0.3 is 0 Å². The summed E-state index contributed by atoms with van der Waals surface area (Å²) in [6, 6.07) is 12.2. The number of rotatable bonds is 6. The molecule has 0 atom stereocenters. The summed E-state index contributed by atoms with van der Waals surface area (Å²) < 4.78 is 27.3. The van der Waals surface area contributed by atoms with Crippen molar-refractivity contribution in [2.45, 2.75) is 11.3 Å². The standard InChI is InChI=1S/C17H15ClN6O2S2/c18-12-3-1-11(2-4-12)7-8-20-17-22-16(19)24(23-17)28(25,26)13-5-6-14-15(9-13)27-10-21-14/h1-6,9-10H,7-8H2,(H3,19,20,22,23). The zero-order chi connectivity index (χ0) is 19.7. The maximum Gasteiger partial charge on any atom is 0.286 e. The van der Waals surface area contributed by atoms with Crippen molar-refractivity contribution >= 4 is 55.1 Å². The summed E-state index contributed by atoms with van der Waals surface area (Å²) in [5.41, 5.74) is 9.28. The maximum absolute atomic E-state index is 12.9. The van der Waals surface area contributed by atoms with Crippen LogP contribution in [0.25, 0.3) is 10.2 Å². The van der Waals surface area contributed by atoms with E-state index in [4.69, 9.17) is 17.3 Å². The number of hydrogen-bond acceptors (Lipinski definition) is 8. The highest BCUT2D eigenvalue weighted by molar-refractivity contribution is 7.90. The zero-order valence-corrected chi connectivity index (χ0v) is 16.8. The summed E-state index contributed by atoms with van der Waals surface area (Å²) in [7, 11) is -3.96. The van der Waals surface area contributed by atoms with Crippen molar-refractivity contribution < 1.29 is 8.42 Å². The van der Waals surface area contributed by atoms with Gasteiger partial charge in [-0.05, 0) is 42.3 Å². The lowest BCUT2D eigenvalue weighted by molar-refractivity contribution is 0.581. The molecule has 0 fully saturated rings. The van der Waals surface area contributed by atoms with Crippen LogP contribution in [0.5, 0.6) is 0 Å². The maximum atomic E-state index is 12.9. The Morgan fingerprint density at radius 3 is 2.75 bits per heavy atom. The number of fused-ring (bicyclic) bond motifs is 1. The normalized spacial score (nSPS) is 11.8. The molecule has 2 aromatic carbocycles. The Bertz CT molecular complexity index is 1230. The highest BCUT2D eigenvalue weighted by Crippen LogP contribution is 2.24. The monoisotopic (exact) mass is 434 g/mol. The van der Waals surface area contributed by atoms with Crippen LogP contribution in [0, 0.1) is 0 Å². The van der Waals surface area contributed by atoms with Gasteiger partial charge in [0, 0.05) is 11.6 Å². The molecule has 0 amide bonds. The van der Waals surface area contributed by atoms with E-state index < -0.39 is 10.0 Å². The van der Waals surface area contributed by atoms with E-state index in [1.807, 2.05) is 24.3 Å². The molecule has 0 aliphatic heterocycles. The molecule has 0 radical (unpaired) electrons. The molecule has 0 aliphatic rings. The molecule has 0 unspecified atom stereocenters. The van der Waals surface area contributed by atoms with Gasteiger partial charge in [0.05, 0.1) is 20.6 Å². The first kappa shape index (κ1) is 18.7. The second kappa shape index (κ2) is 7.38. The van der Waals surface area contributed by atoms with Gasteiger partial charge in [-0.3, -0.25) is 0 Å². The molecule has 144 valence electrons. The number of anilines is 2. The molecular weight excluding hydrogens is 420 g/mol. The Balaban J connectivity index is 1.52. The van der Waals surface area contributed by atoms with Crippen molar-refractivity contribution in [1.82, 2.24) is 19.2 Å². The Labute approximate surface area is 170 Å². The predicted molar refractivity (Wildman–Crippen MR) is 110 cm³/mol. The number of nitrogens with two attached hydrogens (primary N) is 1. The molecule has 11 heteroatoms. The summed E-state index contributed by atoms with van der Waals surface area (Å²) in [5.74, 6) is -0.0627. The molecule has 0 spiro atoms. The van der Waals surface area contributed by atoms with E-state index in [0.29, 0.717) is 18.0 Å². The third-order valence-corrected chi connectivity index (χ3v) is 6.66. The van der Waals surface area contributed by atoms with Crippen molar-refractivity contribution in [3.8, 4) is 0 Å². The van der Waals surface area contributed by atoms with Crippen LogP contribution in [0.15, 0.2) is 52.9 Å². The van der Waals surface area contributed by atoms with Gasteiger partial charge in [0.1, 0.15) is 0 Å². The number of aromatic nitrogens is 4. The lowest BCUT2D eigenvalue weighted by Crippen LogP contribution is -2.17. The summed E-state index contributed by atoms with van der Waals surface area (Å²) in [4.78, 5) is 8.23. The lowest BCUT2D eigenvalue weighted by Gasteiger charge is -2.05. The number of thiazole rings is 1. The third-order valence-electron chi connectivity index (χ3n) is 4.04. The van der Waals surface area contributed by atoms with Gasteiger partial charge in [0.2, 0.25) is 11.9 Å². The van der Waals surface area contributed by atoms with E-state index in [1.165, 1.54) is 17.4 Å². The summed E-state index contributed by atoms with van der Waals surface area (Å²) in [5, 5.41) is 7.68. The lowest BCUT2D eigenvalue weighted by atomic mass is 10.1. The Kier molecular flexibility index (Phi) is 4.92. The quantitative estimate of drug-likeness (QED) is 0.479. The summed E-state index contributed by atoms with van der Waals surface area (Å²) in [6.07, 6.45) is 0.695. The molecule has 3 N–H and O–H groups in total. The van der Waals surface area contributed by atoms with E-state index in [2.05, 4.69) is 20.4 Å². The fourth-order valence-corrected chi connectivity index (χ4v) is 4.72. The average molecular weight is 435 g/mol. The van der Waals surface area contributed by atoms with Crippen molar-refractivity contribution in [2.24, 2.45) is 0 Å². The zero-order valence-electron chi connectivity index (χ0n) is 14.4. The Morgan fingerprint density at radius 2 is 1.96 bits per heavy atom. The molecule has 2 aromatic heterocycles. The first-order chi connectivity index (χ1) is 13.4. The fourth-order valence-electron chi connectivity index (χ4n) is 2.63. The molecule has 0 aliphatic carbocycles. The highest BCUT2D eigenvalue weighted by atomic mass is 35.5. The van der Waals surface area contributed by atoms with Crippen LogP contribution in [0.1, 0.15) is 5.56 Å². The fraction of sp³-hybridized carbons (Fsp3) is 0.118. The minimum atomic E-state index is -3.96. The second-order valence-electron chi connectivity index (χ2n) is 5.93. The minimum absolute atomic E-state index is 0.0774. The van der Waals surface area contributed by atoms with Crippen LogP contribution < -0.4 is 11.1 Å². The third kappa shape index (κ3) is 3.66. The van der Waals surface area contributed by atoms with Gasteiger partial charge in [-0.2, -0.15) is 13.4 Å². The average Bonchev–Trinajstić information content (AvgIpc) is 3.29. The molecule has 8 nitrogen and oxygen atoms in total. The molecule has 28 heavy (non-hydrogen) atoms. The van der Waals surface area contributed by atoms with Crippen molar-refractivity contribution in [3.05, 3.63) is 58.6 Å². The van der Waals surface area contributed by atoms with Crippen LogP contribution in [-0.2, 0) is 16.4 Å². The van der Waals surface area contributed by atoms with E-state index in [0.717, 1.165) is 19.9 Å². The summed E-state index contributed by atoms with van der Waals surface area (Å²) >= 11 is 7.23.